The highest BCUT2D eigenvalue weighted by Crippen LogP contribution is 2.22. The molecule has 2 aromatic rings. The van der Waals surface area contributed by atoms with E-state index < -0.39 is 11.5 Å². The average molecular weight is 318 g/mol. The van der Waals surface area contributed by atoms with Crippen molar-refractivity contribution in [3.8, 4) is 11.3 Å². The zero-order valence-corrected chi connectivity index (χ0v) is 13.3. The number of nitrogens with one attached hydrogen (secondary N) is 1. The van der Waals surface area contributed by atoms with Crippen LogP contribution in [0.1, 0.15) is 36.5 Å². The Morgan fingerprint density at radius 2 is 1.95 bits per heavy atom. The van der Waals surface area contributed by atoms with Gasteiger partial charge in [0, 0.05) is 22.9 Å². The number of carbonyl (C=O) groups is 2. The molecular formula is C16H18N2O3S. The van der Waals surface area contributed by atoms with Gasteiger partial charge in [-0.15, -0.1) is 11.3 Å². The van der Waals surface area contributed by atoms with Crippen molar-refractivity contribution in [1.29, 1.82) is 0 Å². The van der Waals surface area contributed by atoms with Crippen LogP contribution in [0.4, 0.5) is 0 Å². The fourth-order valence-electron chi connectivity index (χ4n) is 1.96. The minimum Gasteiger partial charge on any atom is -0.481 e. The number of nitrogens with zero attached hydrogens (tertiary/aromatic N) is 1. The molecule has 0 radical (unpaired) electrons. The lowest BCUT2D eigenvalue weighted by Gasteiger charge is -2.24. The Morgan fingerprint density at radius 3 is 2.59 bits per heavy atom. The number of benzene rings is 1. The van der Waals surface area contributed by atoms with E-state index in [1.54, 1.807) is 13.8 Å². The molecule has 0 atom stereocenters. The molecule has 0 aliphatic rings. The summed E-state index contributed by atoms with van der Waals surface area (Å²) >= 11 is 1.28. The number of rotatable bonds is 6. The molecule has 0 aliphatic heterocycles. The summed E-state index contributed by atoms with van der Waals surface area (Å²) in [6, 6.07) is 9.64. The summed E-state index contributed by atoms with van der Waals surface area (Å²) in [4.78, 5) is 27.2. The summed E-state index contributed by atoms with van der Waals surface area (Å²) in [5.41, 5.74) is 1.13. The average Bonchev–Trinajstić information content (AvgIpc) is 2.96. The molecule has 1 amide bonds. The van der Waals surface area contributed by atoms with Crippen molar-refractivity contribution in [1.82, 2.24) is 10.3 Å². The Morgan fingerprint density at radius 1 is 1.27 bits per heavy atom. The first-order chi connectivity index (χ1) is 10.4. The molecular weight excluding hydrogens is 300 g/mol. The topological polar surface area (TPSA) is 79.3 Å². The van der Waals surface area contributed by atoms with Gasteiger partial charge < -0.3 is 10.4 Å². The van der Waals surface area contributed by atoms with Crippen LogP contribution in [-0.4, -0.2) is 27.5 Å². The molecule has 2 N–H and O–H groups in total. The van der Waals surface area contributed by atoms with Crippen LogP contribution in [-0.2, 0) is 4.79 Å². The van der Waals surface area contributed by atoms with Crippen molar-refractivity contribution >= 4 is 23.2 Å². The van der Waals surface area contributed by atoms with Crippen molar-refractivity contribution in [2.24, 2.45) is 0 Å². The van der Waals surface area contributed by atoms with E-state index >= 15 is 0 Å². The second kappa shape index (κ2) is 6.70. The lowest BCUT2D eigenvalue weighted by atomic mass is 9.98. The molecule has 1 aromatic heterocycles. The Bertz CT molecular complexity index is 665. The van der Waals surface area contributed by atoms with Gasteiger partial charge in [0.05, 0.1) is 5.69 Å². The highest BCUT2D eigenvalue weighted by Gasteiger charge is 2.23. The largest absolute Gasteiger partial charge is 0.481 e. The van der Waals surface area contributed by atoms with Crippen LogP contribution in [0.2, 0.25) is 0 Å². The van der Waals surface area contributed by atoms with Gasteiger partial charge in [-0.3, -0.25) is 9.59 Å². The molecule has 6 heteroatoms. The van der Waals surface area contributed by atoms with Gasteiger partial charge in [-0.25, -0.2) is 4.98 Å². The van der Waals surface area contributed by atoms with E-state index in [1.165, 1.54) is 11.3 Å². The fourth-order valence-corrected chi connectivity index (χ4v) is 2.68. The molecule has 1 aromatic carbocycles. The molecule has 0 spiro atoms. The van der Waals surface area contributed by atoms with Crippen molar-refractivity contribution in [2.75, 3.05) is 0 Å². The van der Waals surface area contributed by atoms with Crippen LogP contribution in [0, 0.1) is 0 Å². The van der Waals surface area contributed by atoms with E-state index in [9.17, 15) is 9.59 Å². The summed E-state index contributed by atoms with van der Waals surface area (Å²) in [5.74, 6) is -1.15. The summed E-state index contributed by atoms with van der Waals surface area (Å²) in [7, 11) is 0. The molecule has 22 heavy (non-hydrogen) atoms. The number of aromatic nitrogens is 1. The Balaban J connectivity index is 2.04. The predicted octanol–water partition coefficient (Wildman–Crippen LogP) is 3.18. The molecule has 2 rings (SSSR count). The molecule has 1 heterocycles. The molecule has 0 saturated carbocycles. The second-order valence-electron chi connectivity index (χ2n) is 5.64. The van der Waals surface area contributed by atoms with Crippen LogP contribution >= 0.6 is 11.3 Å². The lowest BCUT2D eigenvalue weighted by Crippen LogP contribution is -2.43. The smallest absolute Gasteiger partial charge is 0.303 e. The fraction of sp³-hybridized carbons (Fsp3) is 0.312. The van der Waals surface area contributed by atoms with Gasteiger partial charge in [0.1, 0.15) is 0 Å². The third-order valence-corrected chi connectivity index (χ3v) is 4.02. The minimum absolute atomic E-state index is 0.0143. The van der Waals surface area contributed by atoms with Gasteiger partial charge >= 0.3 is 5.97 Å². The van der Waals surface area contributed by atoms with Crippen molar-refractivity contribution in [3.05, 3.63) is 40.7 Å². The number of aliphatic carboxylic acids is 1. The zero-order valence-electron chi connectivity index (χ0n) is 12.5. The SMILES string of the molecule is CC(C)(CCC(=O)O)NC(=O)c1nc(-c2ccccc2)cs1. The molecule has 116 valence electrons. The van der Waals surface area contributed by atoms with Gasteiger partial charge in [0.2, 0.25) is 0 Å². The first kappa shape index (κ1) is 16.2. The van der Waals surface area contributed by atoms with Crippen molar-refractivity contribution in [3.63, 3.8) is 0 Å². The van der Waals surface area contributed by atoms with Gasteiger partial charge in [0.15, 0.2) is 5.01 Å². The van der Waals surface area contributed by atoms with Crippen LogP contribution in [0.5, 0.6) is 0 Å². The number of carboxylic acid groups (broad SMARTS) is 1. The third kappa shape index (κ3) is 4.39. The number of carboxylic acids is 1. The molecule has 0 saturated heterocycles. The number of thiazole rings is 1. The predicted molar refractivity (Wildman–Crippen MR) is 86.0 cm³/mol. The summed E-state index contributed by atoms with van der Waals surface area (Å²) in [5, 5.41) is 13.8. The van der Waals surface area contributed by atoms with E-state index in [4.69, 9.17) is 5.11 Å². The minimum atomic E-state index is -0.872. The van der Waals surface area contributed by atoms with E-state index in [-0.39, 0.29) is 12.3 Å². The Kier molecular flexibility index (Phi) is 4.92. The monoisotopic (exact) mass is 318 g/mol. The standard InChI is InChI=1S/C16H18N2O3S/c1-16(2,9-8-13(19)20)18-14(21)15-17-12(10-22-15)11-6-4-3-5-7-11/h3-7,10H,8-9H2,1-2H3,(H,18,21)(H,19,20). The van der Waals surface area contributed by atoms with E-state index in [2.05, 4.69) is 10.3 Å². The molecule has 0 aliphatic carbocycles. The highest BCUT2D eigenvalue weighted by molar-refractivity contribution is 7.12. The highest BCUT2D eigenvalue weighted by atomic mass is 32.1. The van der Waals surface area contributed by atoms with Crippen LogP contribution < -0.4 is 5.32 Å². The van der Waals surface area contributed by atoms with Crippen LogP contribution in [0.15, 0.2) is 35.7 Å². The maximum Gasteiger partial charge on any atom is 0.303 e. The third-order valence-electron chi connectivity index (χ3n) is 3.18. The zero-order chi connectivity index (χ0) is 16.2. The number of carbonyl (C=O) groups excluding carboxylic acids is 1. The molecule has 0 unspecified atom stereocenters. The quantitative estimate of drug-likeness (QED) is 0.857. The van der Waals surface area contributed by atoms with Gasteiger partial charge in [-0.05, 0) is 20.3 Å². The van der Waals surface area contributed by atoms with E-state index in [0.717, 1.165) is 11.3 Å². The van der Waals surface area contributed by atoms with Crippen LogP contribution in [0.25, 0.3) is 11.3 Å². The van der Waals surface area contributed by atoms with Gasteiger partial charge in [-0.1, -0.05) is 30.3 Å². The summed E-state index contributed by atoms with van der Waals surface area (Å²) in [6.45, 7) is 3.61. The van der Waals surface area contributed by atoms with Crippen molar-refractivity contribution in [2.45, 2.75) is 32.2 Å². The maximum absolute atomic E-state index is 12.2. The van der Waals surface area contributed by atoms with Crippen LogP contribution in [0.3, 0.4) is 0 Å². The normalized spacial score (nSPS) is 11.2. The summed E-state index contributed by atoms with van der Waals surface area (Å²) in [6.07, 6.45) is 0.380. The first-order valence-corrected chi connectivity index (χ1v) is 7.81. The van der Waals surface area contributed by atoms with E-state index in [1.807, 2.05) is 35.7 Å². The Labute approximate surface area is 133 Å². The first-order valence-electron chi connectivity index (χ1n) is 6.93. The number of hydrogen-bond acceptors (Lipinski definition) is 4. The molecule has 0 bridgehead atoms. The summed E-state index contributed by atoms with van der Waals surface area (Å²) < 4.78 is 0. The number of amides is 1. The number of hydrogen-bond donors (Lipinski definition) is 2. The Hall–Kier alpha value is -2.21. The molecule has 0 fully saturated rings. The second-order valence-corrected chi connectivity index (χ2v) is 6.49. The lowest BCUT2D eigenvalue weighted by molar-refractivity contribution is -0.137. The van der Waals surface area contributed by atoms with E-state index in [0.29, 0.717) is 11.4 Å². The molecule has 5 nitrogen and oxygen atoms in total. The van der Waals surface area contributed by atoms with Gasteiger partial charge in [-0.2, -0.15) is 0 Å². The van der Waals surface area contributed by atoms with Gasteiger partial charge in [0.25, 0.3) is 5.91 Å². The van der Waals surface area contributed by atoms with Crippen molar-refractivity contribution < 1.29 is 14.7 Å². The maximum atomic E-state index is 12.2.